The van der Waals surface area contributed by atoms with E-state index >= 15 is 0 Å². The van der Waals surface area contributed by atoms with Gasteiger partial charge in [-0.05, 0) is 51.1 Å². The molecule has 2 aliphatic rings. The van der Waals surface area contributed by atoms with Crippen molar-refractivity contribution >= 4 is 15.9 Å². The van der Waals surface area contributed by atoms with E-state index in [-0.39, 0.29) is 11.9 Å². The van der Waals surface area contributed by atoms with Crippen molar-refractivity contribution in [2.45, 2.75) is 51.5 Å². The van der Waals surface area contributed by atoms with Crippen LogP contribution in [0.5, 0.6) is 0 Å². The number of carbonyl (C=O) groups excluding carboxylic acids is 1. The van der Waals surface area contributed by atoms with Gasteiger partial charge < -0.3 is 10.2 Å². The summed E-state index contributed by atoms with van der Waals surface area (Å²) in [6, 6.07) is 0.0449. The molecule has 0 atom stereocenters. The lowest BCUT2D eigenvalue weighted by molar-refractivity contribution is -0.132. The number of hydrogen-bond donors (Lipinski definition) is 1. The van der Waals surface area contributed by atoms with E-state index in [1.807, 2.05) is 11.8 Å². The lowest BCUT2D eigenvalue weighted by Crippen LogP contribution is -2.48. The number of nitrogens with one attached hydrogen (secondary N) is 1. The first kappa shape index (κ1) is 18.7. The highest BCUT2D eigenvalue weighted by molar-refractivity contribution is 7.88. The number of sulfonamides is 1. The molecular formula is C16H31N3O3S. The van der Waals surface area contributed by atoms with Crippen LogP contribution in [0.15, 0.2) is 0 Å². The second kappa shape index (κ2) is 8.44. The first-order valence-corrected chi connectivity index (χ1v) is 10.7. The molecule has 2 saturated heterocycles. The minimum atomic E-state index is -3.15. The summed E-state index contributed by atoms with van der Waals surface area (Å²) in [6.45, 7) is 5.89. The van der Waals surface area contributed by atoms with E-state index in [0.29, 0.717) is 32.0 Å². The first-order valence-electron chi connectivity index (χ1n) is 8.87. The number of likely N-dealkylation sites (tertiary alicyclic amines) is 1. The van der Waals surface area contributed by atoms with E-state index in [9.17, 15) is 13.2 Å². The van der Waals surface area contributed by atoms with Crippen molar-refractivity contribution in [1.82, 2.24) is 14.5 Å². The Hall–Kier alpha value is -0.660. The third kappa shape index (κ3) is 5.43. The van der Waals surface area contributed by atoms with Gasteiger partial charge in [0.1, 0.15) is 0 Å². The Kier molecular flexibility index (Phi) is 6.85. The lowest BCUT2D eigenvalue weighted by Gasteiger charge is -2.37. The maximum Gasteiger partial charge on any atom is 0.222 e. The first-order chi connectivity index (χ1) is 10.9. The highest BCUT2D eigenvalue weighted by atomic mass is 32.2. The number of amides is 1. The van der Waals surface area contributed by atoms with Gasteiger partial charge in [-0.1, -0.05) is 6.92 Å². The highest BCUT2D eigenvalue weighted by Crippen LogP contribution is 2.22. The largest absolute Gasteiger partial charge is 0.343 e. The molecular weight excluding hydrogens is 314 g/mol. The second-order valence-electron chi connectivity index (χ2n) is 6.81. The van der Waals surface area contributed by atoms with Crippen LogP contribution in [0.1, 0.15) is 45.4 Å². The maximum absolute atomic E-state index is 12.4. The SMILES string of the molecule is CCN(C1CCN(C(=O)CCC2CCNCC2)CC1)S(C)(=O)=O. The number of carbonyl (C=O) groups is 1. The van der Waals surface area contributed by atoms with E-state index in [0.717, 1.165) is 32.4 Å². The molecule has 0 aromatic heterocycles. The maximum atomic E-state index is 12.4. The fourth-order valence-corrected chi connectivity index (χ4v) is 5.04. The van der Waals surface area contributed by atoms with E-state index in [2.05, 4.69) is 5.32 Å². The van der Waals surface area contributed by atoms with Crippen molar-refractivity contribution in [3.63, 3.8) is 0 Å². The Morgan fingerprint density at radius 1 is 1.17 bits per heavy atom. The zero-order chi connectivity index (χ0) is 16.9. The fourth-order valence-electron chi connectivity index (χ4n) is 3.82. The van der Waals surface area contributed by atoms with Gasteiger partial charge in [0.05, 0.1) is 6.26 Å². The normalized spacial score (nSPS) is 21.8. The zero-order valence-corrected chi connectivity index (χ0v) is 15.3. The van der Waals surface area contributed by atoms with Crippen LogP contribution in [-0.2, 0) is 14.8 Å². The molecule has 1 amide bonds. The van der Waals surface area contributed by atoms with Crippen LogP contribution >= 0.6 is 0 Å². The zero-order valence-electron chi connectivity index (χ0n) is 14.5. The van der Waals surface area contributed by atoms with Crippen molar-refractivity contribution in [3.05, 3.63) is 0 Å². The summed E-state index contributed by atoms with van der Waals surface area (Å²) < 4.78 is 25.2. The van der Waals surface area contributed by atoms with Crippen LogP contribution in [0.3, 0.4) is 0 Å². The summed E-state index contributed by atoms with van der Waals surface area (Å²) >= 11 is 0. The summed E-state index contributed by atoms with van der Waals surface area (Å²) in [5, 5.41) is 3.35. The van der Waals surface area contributed by atoms with E-state index in [1.165, 1.54) is 19.1 Å². The second-order valence-corrected chi connectivity index (χ2v) is 8.75. The van der Waals surface area contributed by atoms with Crippen LogP contribution < -0.4 is 5.32 Å². The van der Waals surface area contributed by atoms with Crippen molar-refractivity contribution in [1.29, 1.82) is 0 Å². The van der Waals surface area contributed by atoms with Crippen LogP contribution in [0.2, 0.25) is 0 Å². The van der Waals surface area contributed by atoms with Crippen molar-refractivity contribution in [2.24, 2.45) is 5.92 Å². The molecule has 0 unspecified atom stereocenters. The highest BCUT2D eigenvalue weighted by Gasteiger charge is 2.30. The van der Waals surface area contributed by atoms with Gasteiger partial charge in [0.15, 0.2) is 0 Å². The van der Waals surface area contributed by atoms with E-state index < -0.39 is 10.0 Å². The number of nitrogens with zero attached hydrogens (tertiary/aromatic N) is 2. The Balaban J connectivity index is 1.75. The quantitative estimate of drug-likeness (QED) is 0.781. The Morgan fingerprint density at radius 2 is 1.78 bits per heavy atom. The monoisotopic (exact) mass is 345 g/mol. The van der Waals surface area contributed by atoms with Crippen LogP contribution in [0.4, 0.5) is 0 Å². The Morgan fingerprint density at radius 3 is 2.30 bits per heavy atom. The van der Waals surface area contributed by atoms with E-state index in [1.54, 1.807) is 4.31 Å². The van der Waals surface area contributed by atoms with Gasteiger partial charge in [0.2, 0.25) is 15.9 Å². The minimum Gasteiger partial charge on any atom is -0.343 e. The fraction of sp³-hybridized carbons (Fsp3) is 0.938. The van der Waals surface area contributed by atoms with Gasteiger partial charge >= 0.3 is 0 Å². The van der Waals surface area contributed by atoms with Crippen molar-refractivity contribution in [3.8, 4) is 0 Å². The Labute approximate surface area is 140 Å². The van der Waals surface area contributed by atoms with Gasteiger partial charge in [-0.2, -0.15) is 4.31 Å². The topological polar surface area (TPSA) is 69.7 Å². The van der Waals surface area contributed by atoms with Crippen molar-refractivity contribution < 1.29 is 13.2 Å². The van der Waals surface area contributed by atoms with Crippen LogP contribution in [0.25, 0.3) is 0 Å². The third-order valence-corrected chi connectivity index (χ3v) is 6.60. The molecule has 0 saturated carbocycles. The average Bonchev–Trinajstić information content (AvgIpc) is 2.53. The molecule has 0 radical (unpaired) electrons. The summed E-state index contributed by atoms with van der Waals surface area (Å²) in [7, 11) is -3.15. The van der Waals surface area contributed by atoms with Gasteiger partial charge in [-0.15, -0.1) is 0 Å². The van der Waals surface area contributed by atoms with Crippen molar-refractivity contribution in [2.75, 3.05) is 39.0 Å². The standard InChI is InChI=1S/C16H31N3O3S/c1-3-19(23(2,21)22)15-8-12-18(13-9-15)16(20)5-4-14-6-10-17-11-7-14/h14-15,17H,3-13H2,1-2H3. The van der Waals surface area contributed by atoms with Gasteiger partial charge in [0, 0.05) is 32.1 Å². The number of hydrogen-bond acceptors (Lipinski definition) is 4. The molecule has 0 aliphatic carbocycles. The number of rotatable bonds is 6. The molecule has 0 aromatic carbocycles. The molecule has 6 nitrogen and oxygen atoms in total. The summed E-state index contributed by atoms with van der Waals surface area (Å²) in [6.07, 6.45) is 6.75. The lowest BCUT2D eigenvalue weighted by atomic mass is 9.93. The molecule has 7 heteroatoms. The molecule has 23 heavy (non-hydrogen) atoms. The predicted octanol–water partition coefficient (Wildman–Crippen LogP) is 1.04. The molecule has 0 bridgehead atoms. The van der Waals surface area contributed by atoms with E-state index in [4.69, 9.17) is 0 Å². The van der Waals surface area contributed by atoms with Crippen LogP contribution in [0, 0.1) is 5.92 Å². The molecule has 134 valence electrons. The van der Waals surface area contributed by atoms with Crippen LogP contribution in [-0.4, -0.2) is 68.6 Å². The summed E-state index contributed by atoms with van der Waals surface area (Å²) in [4.78, 5) is 14.3. The molecule has 2 heterocycles. The third-order valence-electron chi connectivity index (χ3n) is 5.19. The smallest absolute Gasteiger partial charge is 0.222 e. The molecule has 2 rings (SSSR count). The molecule has 2 fully saturated rings. The molecule has 2 aliphatic heterocycles. The molecule has 1 N–H and O–H groups in total. The molecule has 0 aromatic rings. The summed E-state index contributed by atoms with van der Waals surface area (Å²) in [5.74, 6) is 0.919. The molecule has 0 spiro atoms. The summed E-state index contributed by atoms with van der Waals surface area (Å²) in [5.41, 5.74) is 0. The Bertz CT molecular complexity index is 481. The predicted molar refractivity (Wildman–Crippen MR) is 91.7 cm³/mol. The average molecular weight is 346 g/mol. The minimum absolute atomic E-state index is 0.0449. The van der Waals surface area contributed by atoms with Gasteiger partial charge in [-0.25, -0.2) is 8.42 Å². The van der Waals surface area contributed by atoms with Gasteiger partial charge in [0.25, 0.3) is 0 Å². The van der Waals surface area contributed by atoms with Gasteiger partial charge in [-0.3, -0.25) is 4.79 Å². The number of piperidine rings is 2.